The Hall–Kier alpha value is -0.910. The molecule has 1 amide bonds. The van der Waals surface area contributed by atoms with Crippen LogP contribution in [0.15, 0.2) is 0 Å². The molecule has 19 heavy (non-hydrogen) atoms. The van der Waals surface area contributed by atoms with E-state index < -0.39 is 17.6 Å². The zero-order chi connectivity index (χ0) is 14.1. The molecule has 0 spiro atoms. The molecular weight excluding hydrogens is 256 g/mol. The average Bonchev–Trinajstić information content (AvgIpc) is 2.62. The average molecular weight is 277 g/mol. The fourth-order valence-corrected chi connectivity index (χ4v) is 3.41. The maximum absolute atomic E-state index is 13.3. The van der Waals surface area contributed by atoms with Gasteiger partial charge in [0.05, 0.1) is 12.2 Å². The Labute approximate surface area is 111 Å². The van der Waals surface area contributed by atoms with Crippen LogP contribution in [0.1, 0.15) is 39.0 Å². The van der Waals surface area contributed by atoms with Gasteiger partial charge in [0, 0.05) is 19.4 Å². The second-order valence-corrected chi connectivity index (χ2v) is 5.83. The number of alkyl halides is 2. The Balaban J connectivity index is 1.87. The predicted molar refractivity (Wildman–Crippen MR) is 65.0 cm³/mol. The van der Waals surface area contributed by atoms with E-state index in [1.165, 1.54) is 0 Å². The highest BCUT2D eigenvalue weighted by atomic mass is 19.3. The van der Waals surface area contributed by atoms with Crippen molar-refractivity contribution in [3.05, 3.63) is 0 Å². The number of carbonyl (C=O) groups excluding carboxylic acids is 1. The van der Waals surface area contributed by atoms with Crippen LogP contribution in [-0.4, -0.2) is 35.9 Å². The number of hydrogen-bond acceptors (Lipinski definition) is 3. The summed E-state index contributed by atoms with van der Waals surface area (Å²) in [6.07, 6.45) is 0.477. The van der Waals surface area contributed by atoms with E-state index in [1.807, 2.05) is 0 Å². The minimum absolute atomic E-state index is 0.0738. The van der Waals surface area contributed by atoms with Gasteiger partial charge >= 0.3 is 6.09 Å². The molecular formula is C13H21F2NO3. The van der Waals surface area contributed by atoms with Crippen molar-refractivity contribution in [2.75, 3.05) is 13.2 Å². The van der Waals surface area contributed by atoms with Gasteiger partial charge in [-0.2, -0.15) is 0 Å². The Morgan fingerprint density at radius 3 is 2.74 bits per heavy atom. The highest BCUT2D eigenvalue weighted by Gasteiger charge is 2.50. The van der Waals surface area contributed by atoms with Gasteiger partial charge in [0.25, 0.3) is 0 Å². The summed E-state index contributed by atoms with van der Waals surface area (Å²) in [6.45, 7) is 2.03. The first-order valence-electron chi connectivity index (χ1n) is 6.84. The molecule has 3 atom stereocenters. The first-order valence-corrected chi connectivity index (χ1v) is 6.84. The van der Waals surface area contributed by atoms with Crippen molar-refractivity contribution < 1.29 is 23.4 Å². The summed E-state index contributed by atoms with van der Waals surface area (Å²) >= 11 is 0. The van der Waals surface area contributed by atoms with Crippen LogP contribution in [0.3, 0.4) is 0 Å². The Bertz CT molecular complexity index is 351. The van der Waals surface area contributed by atoms with E-state index in [0.29, 0.717) is 19.3 Å². The third kappa shape index (κ3) is 3.55. The van der Waals surface area contributed by atoms with E-state index in [1.54, 1.807) is 6.92 Å². The number of hydrogen-bond donors (Lipinski definition) is 2. The van der Waals surface area contributed by atoms with Crippen LogP contribution in [0.4, 0.5) is 13.6 Å². The van der Waals surface area contributed by atoms with Crippen molar-refractivity contribution in [2.45, 2.75) is 50.6 Å². The van der Waals surface area contributed by atoms with Crippen LogP contribution in [0.25, 0.3) is 0 Å². The molecule has 0 radical (unpaired) electrons. The maximum Gasteiger partial charge on any atom is 0.407 e. The van der Waals surface area contributed by atoms with Gasteiger partial charge in [-0.1, -0.05) is 0 Å². The molecule has 2 saturated carbocycles. The van der Waals surface area contributed by atoms with E-state index in [2.05, 4.69) is 5.32 Å². The molecule has 0 heterocycles. The zero-order valence-corrected chi connectivity index (χ0v) is 11.1. The van der Waals surface area contributed by atoms with Crippen molar-refractivity contribution in [1.29, 1.82) is 0 Å². The lowest BCUT2D eigenvalue weighted by atomic mass is 9.80. The first-order chi connectivity index (χ1) is 8.84. The Morgan fingerprint density at radius 1 is 1.37 bits per heavy atom. The van der Waals surface area contributed by atoms with Crippen LogP contribution < -0.4 is 5.32 Å². The molecule has 2 aliphatic rings. The number of carbonyl (C=O) groups is 1. The molecule has 6 heteroatoms. The van der Waals surface area contributed by atoms with Crippen molar-refractivity contribution in [3.8, 4) is 0 Å². The lowest BCUT2D eigenvalue weighted by Gasteiger charge is -2.31. The quantitative estimate of drug-likeness (QED) is 0.832. The molecule has 2 N–H and O–H groups in total. The van der Waals surface area contributed by atoms with Gasteiger partial charge in [0.1, 0.15) is 0 Å². The standard InChI is InChI=1S/C13H21F2NO3/c1-2-19-11(17)16-8-12(18)5-9-3-4-13(14,15)7-10(9)6-12/h9-10,18H,2-8H2,1H3,(H,16,17)/t9-,10+,12?/m0/s1. The van der Waals surface area contributed by atoms with Crippen LogP contribution in [0.2, 0.25) is 0 Å². The SMILES string of the molecule is CCOC(=O)NCC1(O)C[C@@H]2CCC(F)(F)C[C@H]2C1. The fraction of sp³-hybridized carbons (Fsp3) is 0.923. The monoisotopic (exact) mass is 277 g/mol. The van der Waals surface area contributed by atoms with Crippen LogP contribution in [0, 0.1) is 11.8 Å². The minimum Gasteiger partial charge on any atom is -0.450 e. The van der Waals surface area contributed by atoms with Crippen molar-refractivity contribution in [2.24, 2.45) is 11.8 Å². The van der Waals surface area contributed by atoms with Gasteiger partial charge in [0.2, 0.25) is 5.92 Å². The van der Waals surface area contributed by atoms with Crippen LogP contribution >= 0.6 is 0 Å². The predicted octanol–water partition coefficient (Wildman–Crippen LogP) is 2.31. The molecule has 0 bridgehead atoms. The summed E-state index contributed by atoms with van der Waals surface area (Å²) in [6, 6.07) is 0. The molecule has 2 fully saturated rings. The number of fused-ring (bicyclic) bond motifs is 1. The number of aliphatic hydroxyl groups is 1. The topological polar surface area (TPSA) is 58.6 Å². The van der Waals surface area contributed by atoms with Crippen molar-refractivity contribution in [3.63, 3.8) is 0 Å². The maximum atomic E-state index is 13.3. The third-order valence-corrected chi connectivity index (χ3v) is 4.23. The lowest BCUT2D eigenvalue weighted by molar-refractivity contribution is -0.0638. The highest BCUT2D eigenvalue weighted by Crippen LogP contribution is 2.51. The van der Waals surface area contributed by atoms with Gasteiger partial charge in [-0.3, -0.25) is 0 Å². The summed E-state index contributed by atoms with van der Waals surface area (Å²) in [7, 11) is 0. The van der Waals surface area contributed by atoms with E-state index in [4.69, 9.17) is 4.74 Å². The van der Waals surface area contributed by atoms with Crippen molar-refractivity contribution >= 4 is 6.09 Å². The molecule has 0 aromatic carbocycles. The second kappa shape index (κ2) is 5.23. The molecule has 2 aliphatic carbocycles. The van der Waals surface area contributed by atoms with E-state index in [9.17, 15) is 18.7 Å². The Morgan fingerprint density at radius 2 is 2.05 bits per heavy atom. The lowest BCUT2D eigenvalue weighted by Crippen LogP contribution is -2.41. The van der Waals surface area contributed by atoms with E-state index in [-0.39, 0.29) is 37.8 Å². The number of rotatable bonds is 3. The van der Waals surface area contributed by atoms with Crippen LogP contribution in [0.5, 0.6) is 0 Å². The van der Waals surface area contributed by atoms with E-state index in [0.717, 1.165) is 0 Å². The molecule has 110 valence electrons. The number of alkyl carbamates (subject to hydrolysis) is 1. The molecule has 0 aromatic rings. The smallest absolute Gasteiger partial charge is 0.407 e. The zero-order valence-electron chi connectivity index (χ0n) is 11.1. The Kier molecular flexibility index (Phi) is 3.99. The molecule has 1 unspecified atom stereocenters. The molecule has 0 saturated heterocycles. The van der Waals surface area contributed by atoms with Gasteiger partial charge in [-0.15, -0.1) is 0 Å². The van der Waals surface area contributed by atoms with Gasteiger partial charge in [-0.25, -0.2) is 13.6 Å². The second-order valence-electron chi connectivity index (χ2n) is 5.83. The van der Waals surface area contributed by atoms with E-state index >= 15 is 0 Å². The third-order valence-electron chi connectivity index (χ3n) is 4.23. The summed E-state index contributed by atoms with van der Waals surface area (Å²) in [4.78, 5) is 11.2. The number of nitrogens with one attached hydrogen (secondary N) is 1. The summed E-state index contributed by atoms with van der Waals surface area (Å²) in [5.41, 5.74) is -1.07. The first kappa shape index (κ1) is 14.5. The summed E-state index contributed by atoms with van der Waals surface area (Å²) in [5, 5.41) is 12.9. The normalized spacial score (nSPS) is 36.6. The summed E-state index contributed by atoms with van der Waals surface area (Å²) < 4.78 is 31.4. The van der Waals surface area contributed by atoms with Crippen molar-refractivity contribution in [1.82, 2.24) is 5.32 Å². The minimum atomic E-state index is -2.60. The van der Waals surface area contributed by atoms with Gasteiger partial charge in [-0.05, 0) is 38.0 Å². The number of amides is 1. The molecule has 0 aromatic heterocycles. The summed E-state index contributed by atoms with van der Waals surface area (Å²) in [5.74, 6) is -2.59. The highest BCUT2D eigenvalue weighted by molar-refractivity contribution is 5.67. The van der Waals surface area contributed by atoms with Crippen LogP contribution in [-0.2, 0) is 4.74 Å². The molecule has 4 nitrogen and oxygen atoms in total. The largest absolute Gasteiger partial charge is 0.450 e. The fourth-order valence-electron chi connectivity index (χ4n) is 3.41. The molecule has 2 rings (SSSR count). The van der Waals surface area contributed by atoms with Gasteiger partial charge in [0.15, 0.2) is 0 Å². The van der Waals surface area contributed by atoms with Gasteiger partial charge < -0.3 is 15.2 Å². The number of halogens is 2. The molecule has 0 aliphatic heterocycles. The number of ether oxygens (including phenoxy) is 1.